The first-order chi connectivity index (χ1) is 9.45. The van der Waals surface area contributed by atoms with Crippen LogP contribution in [-0.2, 0) is 16.0 Å². The van der Waals surface area contributed by atoms with Gasteiger partial charge in [-0.2, -0.15) is 0 Å². The molecule has 1 saturated heterocycles. The number of aromatic nitrogens is 1. The number of aliphatic carboxylic acids is 1. The van der Waals surface area contributed by atoms with Crippen molar-refractivity contribution in [2.24, 2.45) is 5.92 Å². The van der Waals surface area contributed by atoms with Crippen LogP contribution in [-0.4, -0.2) is 46.0 Å². The van der Waals surface area contributed by atoms with Gasteiger partial charge in [-0.1, -0.05) is 0 Å². The van der Waals surface area contributed by atoms with E-state index in [1.165, 1.54) is 13.2 Å². The number of amides is 3. The van der Waals surface area contributed by atoms with E-state index in [2.05, 4.69) is 10.3 Å². The van der Waals surface area contributed by atoms with Crippen LogP contribution in [0.2, 0.25) is 0 Å². The molecule has 20 heavy (non-hydrogen) atoms. The quantitative estimate of drug-likeness (QED) is 0.637. The summed E-state index contributed by atoms with van der Waals surface area (Å²) in [4.78, 5) is 39.2. The average Bonchev–Trinajstić information content (AvgIpc) is 2.40. The second kappa shape index (κ2) is 5.16. The van der Waals surface area contributed by atoms with E-state index in [0.29, 0.717) is 11.4 Å². The number of hydrogen-bond acceptors (Lipinski definition) is 5. The summed E-state index contributed by atoms with van der Waals surface area (Å²) >= 11 is 0. The minimum atomic E-state index is -1.21. The molecule has 2 atom stereocenters. The van der Waals surface area contributed by atoms with Crippen LogP contribution in [0.5, 0.6) is 0 Å². The van der Waals surface area contributed by atoms with Crippen molar-refractivity contribution in [1.82, 2.24) is 15.2 Å². The molecule has 8 nitrogen and oxygen atoms in total. The number of carbonyl (C=O) groups is 3. The molecule has 106 valence electrons. The van der Waals surface area contributed by atoms with Crippen molar-refractivity contribution in [2.75, 3.05) is 12.8 Å². The molecule has 0 aromatic carbocycles. The number of likely N-dealkylation sites (tertiary alicyclic amines) is 1. The minimum absolute atomic E-state index is 0.204. The highest BCUT2D eigenvalue weighted by Gasteiger charge is 2.54. The van der Waals surface area contributed by atoms with Crippen molar-refractivity contribution in [2.45, 2.75) is 12.5 Å². The van der Waals surface area contributed by atoms with E-state index in [0.717, 1.165) is 4.90 Å². The maximum Gasteiger partial charge on any atom is 0.327 e. The van der Waals surface area contributed by atoms with Gasteiger partial charge >= 0.3 is 12.0 Å². The van der Waals surface area contributed by atoms with E-state index in [9.17, 15) is 14.4 Å². The number of β-lactam (4-membered cyclic amide) rings is 1. The molecular formula is C12H14N4O4. The fourth-order valence-electron chi connectivity index (χ4n) is 2.25. The number of carbonyl (C=O) groups excluding carboxylic acids is 2. The van der Waals surface area contributed by atoms with E-state index in [1.54, 1.807) is 12.1 Å². The van der Waals surface area contributed by atoms with Gasteiger partial charge in [-0.3, -0.25) is 4.79 Å². The number of nitrogens with one attached hydrogen (secondary N) is 1. The molecule has 8 heteroatoms. The third-order valence-electron chi connectivity index (χ3n) is 3.20. The number of nitrogen functional groups attached to an aromatic ring is 1. The summed E-state index contributed by atoms with van der Waals surface area (Å²) in [5.74, 6) is -2.19. The van der Waals surface area contributed by atoms with Crippen LogP contribution >= 0.6 is 0 Å². The number of urea groups is 1. The minimum Gasteiger partial charge on any atom is -0.480 e. The Bertz CT molecular complexity index is 574. The van der Waals surface area contributed by atoms with Crippen molar-refractivity contribution in [3.8, 4) is 0 Å². The first-order valence-corrected chi connectivity index (χ1v) is 5.93. The van der Waals surface area contributed by atoms with Crippen molar-refractivity contribution in [3.05, 3.63) is 23.9 Å². The van der Waals surface area contributed by atoms with E-state index in [1.807, 2.05) is 0 Å². The van der Waals surface area contributed by atoms with Crippen LogP contribution in [0.15, 0.2) is 18.3 Å². The molecule has 3 amide bonds. The molecule has 0 radical (unpaired) electrons. The summed E-state index contributed by atoms with van der Waals surface area (Å²) in [6.45, 7) is 0. The van der Waals surface area contributed by atoms with E-state index in [-0.39, 0.29) is 6.42 Å². The Hall–Kier alpha value is -2.64. The van der Waals surface area contributed by atoms with Gasteiger partial charge in [0, 0.05) is 13.2 Å². The monoisotopic (exact) mass is 278 g/mol. The van der Waals surface area contributed by atoms with E-state index >= 15 is 0 Å². The summed E-state index contributed by atoms with van der Waals surface area (Å²) in [5.41, 5.74) is 6.24. The fourth-order valence-corrected chi connectivity index (χ4v) is 2.25. The van der Waals surface area contributed by atoms with Gasteiger partial charge in [0.2, 0.25) is 5.91 Å². The van der Waals surface area contributed by atoms with Crippen LogP contribution in [0, 0.1) is 5.92 Å². The zero-order valence-corrected chi connectivity index (χ0v) is 10.7. The lowest BCUT2D eigenvalue weighted by Gasteiger charge is -2.42. The number of pyridine rings is 1. The number of nitrogens with two attached hydrogens (primary N) is 1. The van der Waals surface area contributed by atoms with E-state index < -0.39 is 29.9 Å². The maximum atomic E-state index is 11.9. The molecule has 0 saturated carbocycles. The molecular weight excluding hydrogens is 264 g/mol. The summed E-state index contributed by atoms with van der Waals surface area (Å²) in [6.07, 6.45) is 1.69. The van der Waals surface area contributed by atoms with Gasteiger partial charge in [-0.05, 0) is 24.1 Å². The highest BCUT2D eigenvalue weighted by atomic mass is 16.4. The summed E-state index contributed by atoms with van der Waals surface area (Å²) in [7, 11) is 1.34. The van der Waals surface area contributed by atoms with Crippen molar-refractivity contribution >= 4 is 23.7 Å². The molecule has 1 aliphatic heterocycles. The number of anilines is 1. The molecule has 1 aromatic heterocycles. The number of nitrogens with zero attached hydrogens (tertiary/aromatic N) is 2. The number of hydrogen-bond donors (Lipinski definition) is 3. The predicted molar refractivity (Wildman–Crippen MR) is 68.6 cm³/mol. The Morgan fingerprint density at radius 1 is 1.55 bits per heavy atom. The van der Waals surface area contributed by atoms with Crippen LogP contribution in [0.25, 0.3) is 0 Å². The molecule has 1 fully saturated rings. The van der Waals surface area contributed by atoms with Gasteiger partial charge in [-0.25, -0.2) is 19.5 Å². The molecule has 1 aromatic rings. The zero-order chi connectivity index (χ0) is 14.9. The molecule has 2 heterocycles. The largest absolute Gasteiger partial charge is 0.480 e. The third kappa shape index (κ3) is 2.27. The Kier molecular flexibility index (Phi) is 3.55. The molecule has 0 unspecified atom stereocenters. The smallest absolute Gasteiger partial charge is 0.327 e. The predicted octanol–water partition coefficient (Wildman–Crippen LogP) is -0.543. The first kappa shape index (κ1) is 13.8. The second-order valence-electron chi connectivity index (χ2n) is 4.45. The number of rotatable bonds is 3. The molecule has 4 N–H and O–H groups in total. The first-order valence-electron chi connectivity index (χ1n) is 5.93. The summed E-state index contributed by atoms with van der Waals surface area (Å²) in [5, 5.41) is 11.4. The Labute approximate surface area is 114 Å². The summed E-state index contributed by atoms with van der Waals surface area (Å²) in [6, 6.07) is 1.37. The van der Waals surface area contributed by atoms with Crippen LogP contribution < -0.4 is 11.1 Å². The van der Waals surface area contributed by atoms with Gasteiger partial charge in [0.1, 0.15) is 5.82 Å². The standard InChI is InChI=1S/C12H14N4O4/c1-14-12(20)16-9(11(18)19)7(10(16)17)4-6-2-3-15-8(13)5-6/h2-3,5,7,9H,4H2,1H3,(H2,13,15)(H,14,20)(H,18,19)/t7-,9+/m1/s1. The number of carboxylic acid groups (broad SMARTS) is 1. The molecule has 0 spiro atoms. The fraction of sp³-hybridized carbons (Fsp3) is 0.333. The highest BCUT2D eigenvalue weighted by Crippen LogP contribution is 2.30. The summed E-state index contributed by atoms with van der Waals surface area (Å²) < 4.78 is 0. The van der Waals surface area contributed by atoms with Crippen LogP contribution in [0.1, 0.15) is 5.56 Å². The maximum absolute atomic E-state index is 11.9. The Morgan fingerprint density at radius 3 is 2.80 bits per heavy atom. The van der Waals surface area contributed by atoms with Gasteiger partial charge in [0.15, 0.2) is 6.04 Å². The number of carboxylic acids is 1. The Morgan fingerprint density at radius 2 is 2.25 bits per heavy atom. The van der Waals surface area contributed by atoms with Crippen LogP contribution in [0.4, 0.5) is 10.6 Å². The lowest BCUT2D eigenvalue weighted by Crippen LogP contribution is -2.68. The lowest BCUT2D eigenvalue weighted by molar-refractivity contribution is -0.165. The van der Waals surface area contributed by atoms with Gasteiger partial charge in [0.05, 0.1) is 5.92 Å². The third-order valence-corrected chi connectivity index (χ3v) is 3.20. The molecule has 0 bridgehead atoms. The number of imide groups is 1. The zero-order valence-electron chi connectivity index (χ0n) is 10.7. The average molecular weight is 278 g/mol. The molecule has 1 aliphatic rings. The van der Waals surface area contributed by atoms with Gasteiger partial charge in [-0.15, -0.1) is 0 Å². The Balaban J connectivity index is 2.18. The van der Waals surface area contributed by atoms with Gasteiger partial charge < -0.3 is 16.2 Å². The van der Waals surface area contributed by atoms with Crippen molar-refractivity contribution in [3.63, 3.8) is 0 Å². The van der Waals surface area contributed by atoms with Crippen molar-refractivity contribution < 1.29 is 19.5 Å². The second-order valence-corrected chi connectivity index (χ2v) is 4.45. The normalized spacial score (nSPS) is 21.2. The lowest BCUT2D eigenvalue weighted by atomic mass is 9.82. The van der Waals surface area contributed by atoms with Crippen molar-refractivity contribution in [1.29, 1.82) is 0 Å². The van der Waals surface area contributed by atoms with Gasteiger partial charge in [0.25, 0.3) is 0 Å². The highest BCUT2D eigenvalue weighted by molar-refractivity contribution is 6.07. The topological polar surface area (TPSA) is 126 Å². The van der Waals surface area contributed by atoms with Crippen LogP contribution in [0.3, 0.4) is 0 Å². The van der Waals surface area contributed by atoms with E-state index in [4.69, 9.17) is 10.8 Å². The molecule has 0 aliphatic carbocycles. The SMILES string of the molecule is CNC(=O)N1C(=O)[C@H](Cc2ccnc(N)c2)[C@H]1C(=O)O. The molecule has 2 rings (SSSR count).